The summed E-state index contributed by atoms with van der Waals surface area (Å²) in [5.41, 5.74) is 6.52. The zero-order chi connectivity index (χ0) is 13.3. The summed E-state index contributed by atoms with van der Waals surface area (Å²) in [7, 11) is 0. The Hall–Kier alpha value is -0.200. The zero-order valence-electron chi connectivity index (χ0n) is 10.1. The Bertz CT molecular complexity index is 543. The Labute approximate surface area is 128 Å². The van der Waals surface area contributed by atoms with Gasteiger partial charge in [-0.3, -0.25) is 5.84 Å². The maximum atomic E-state index is 5.73. The molecule has 1 unspecified atom stereocenters. The highest BCUT2D eigenvalue weighted by Crippen LogP contribution is 2.34. The number of hydrogen-bond acceptors (Lipinski definition) is 3. The Kier molecular flexibility index (Phi) is 4.61. The SMILES string of the molecule is Cc1cc(C(NN)c2sccc2Br)cc(C)c1Br. The average Bonchev–Trinajstić information content (AvgIpc) is 2.74. The van der Waals surface area contributed by atoms with Gasteiger partial charge in [0.1, 0.15) is 0 Å². The highest BCUT2D eigenvalue weighted by molar-refractivity contribution is 9.10. The molecule has 1 atom stereocenters. The molecule has 0 radical (unpaired) electrons. The lowest BCUT2D eigenvalue weighted by molar-refractivity contribution is 0.643. The second-order valence-electron chi connectivity index (χ2n) is 4.20. The molecule has 0 saturated heterocycles. The van der Waals surface area contributed by atoms with E-state index in [0.29, 0.717) is 0 Å². The summed E-state index contributed by atoms with van der Waals surface area (Å²) in [6, 6.07) is 6.38. The summed E-state index contributed by atoms with van der Waals surface area (Å²) in [6.07, 6.45) is 0. The fourth-order valence-corrected chi connectivity index (χ4v) is 3.90. The first-order valence-corrected chi connectivity index (χ1v) is 7.96. The standard InChI is InChI=1S/C13H14Br2N2S/c1-7-5-9(6-8(2)11(7)15)12(17-16)13-10(14)3-4-18-13/h3-6,12,17H,16H2,1-2H3. The van der Waals surface area contributed by atoms with Crippen molar-refractivity contribution in [3.8, 4) is 0 Å². The summed E-state index contributed by atoms with van der Waals surface area (Å²) in [5, 5.41) is 2.06. The molecule has 0 aliphatic rings. The Balaban J connectivity index is 2.49. The molecule has 96 valence electrons. The molecule has 2 nitrogen and oxygen atoms in total. The van der Waals surface area contributed by atoms with Crippen LogP contribution in [0.3, 0.4) is 0 Å². The van der Waals surface area contributed by atoms with Crippen LogP contribution < -0.4 is 11.3 Å². The van der Waals surface area contributed by atoms with Crippen LogP contribution in [0.2, 0.25) is 0 Å². The van der Waals surface area contributed by atoms with Crippen LogP contribution in [0, 0.1) is 13.8 Å². The number of halogens is 2. The van der Waals surface area contributed by atoms with Crippen molar-refractivity contribution >= 4 is 43.2 Å². The zero-order valence-corrected chi connectivity index (χ0v) is 14.1. The fraction of sp³-hybridized carbons (Fsp3) is 0.231. The molecule has 0 aliphatic carbocycles. The fourth-order valence-electron chi connectivity index (χ4n) is 1.98. The van der Waals surface area contributed by atoms with Gasteiger partial charge < -0.3 is 0 Å². The highest BCUT2D eigenvalue weighted by Gasteiger charge is 2.18. The Morgan fingerprint density at radius 3 is 2.28 bits per heavy atom. The highest BCUT2D eigenvalue weighted by atomic mass is 79.9. The quantitative estimate of drug-likeness (QED) is 0.601. The summed E-state index contributed by atoms with van der Waals surface area (Å²) in [5.74, 6) is 5.73. The molecule has 0 bridgehead atoms. The van der Waals surface area contributed by atoms with Crippen molar-refractivity contribution in [3.63, 3.8) is 0 Å². The van der Waals surface area contributed by atoms with Gasteiger partial charge in [0.25, 0.3) is 0 Å². The van der Waals surface area contributed by atoms with E-state index in [-0.39, 0.29) is 6.04 Å². The van der Waals surface area contributed by atoms with Crippen LogP contribution in [0.25, 0.3) is 0 Å². The Morgan fingerprint density at radius 2 is 1.83 bits per heavy atom. The first-order chi connectivity index (χ1) is 8.54. The minimum absolute atomic E-state index is 0.0184. The third-order valence-corrected chi connectivity index (χ3v) is 6.05. The number of aryl methyl sites for hydroxylation is 2. The monoisotopic (exact) mass is 388 g/mol. The van der Waals surface area contributed by atoms with Crippen LogP contribution in [0.15, 0.2) is 32.5 Å². The van der Waals surface area contributed by atoms with E-state index in [1.807, 2.05) is 6.07 Å². The minimum atomic E-state index is 0.0184. The smallest absolute Gasteiger partial charge is 0.0814 e. The van der Waals surface area contributed by atoms with E-state index >= 15 is 0 Å². The van der Waals surface area contributed by atoms with E-state index in [1.165, 1.54) is 21.6 Å². The molecule has 1 aromatic heterocycles. The van der Waals surface area contributed by atoms with Gasteiger partial charge in [-0.25, -0.2) is 5.43 Å². The lowest BCUT2D eigenvalue weighted by Gasteiger charge is -2.18. The van der Waals surface area contributed by atoms with Crippen LogP contribution in [0.1, 0.15) is 27.6 Å². The van der Waals surface area contributed by atoms with Gasteiger partial charge in [0.15, 0.2) is 0 Å². The van der Waals surface area contributed by atoms with Gasteiger partial charge in [-0.05, 0) is 57.9 Å². The molecular formula is C13H14Br2N2S. The van der Waals surface area contributed by atoms with Gasteiger partial charge in [0.05, 0.1) is 6.04 Å². The van der Waals surface area contributed by atoms with E-state index in [2.05, 4.69) is 68.6 Å². The van der Waals surface area contributed by atoms with E-state index in [9.17, 15) is 0 Å². The molecule has 1 heterocycles. The van der Waals surface area contributed by atoms with E-state index in [0.717, 1.165) is 8.95 Å². The second kappa shape index (κ2) is 5.84. The van der Waals surface area contributed by atoms with Crippen LogP contribution in [0.4, 0.5) is 0 Å². The van der Waals surface area contributed by atoms with Gasteiger partial charge in [-0.15, -0.1) is 11.3 Å². The molecule has 0 amide bonds. The van der Waals surface area contributed by atoms with Crippen LogP contribution >= 0.6 is 43.2 Å². The summed E-state index contributed by atoms with van der Waals surface area (Å²) in [6.45, 7) is 4.19. The van der Waals surface area contributed by atoms with E-state index in [1.54, 1.807) is 11.3 Å². The molecule has 0 fully saturated rings. The molecule has 5 heteroatoms. The first-order valence-electron chi connectivity index (χ1n) is 5.50. The number of rotatable bonds is 3. The van der Waals surface area contributed by atoms with Crippen molar-refractivity contribution in [2.24, 2.45) is 5.84 Å². The Morgan fingerprint density at radius 1 is 1.22 bits per heavy atom. The number of nitrogens with two attached hydrogens (primary N) is 1. The number of hydrogen-bond donors (Lipinski definition) is 2. The topological polar surface area (TPSA) is 38.0 Å². The lowest BCUT2D eigenvalue weighted by Crippen LogP contribution is -2.28. The van der Waals surface area contributed by atoms with Gasteiger partial charge >= 0.3 is 0 Å². The van der Waals surface area contributed by atoms with Gasteiger partial charge in [-0.2, -0.15) is 0 Å². The van der Waals surface area contributed by atoms with Crippen molar-refractivity contribution < 1.29 is 0 Å². The second-order valence-corrected chi connectivity index (χ2v) is 6.80. The minimum Gasteiger partial charge on any atom is -0.271 e. The third-order valence-electron chi connectivity index (χ3n) is 2.87. The summed E-state index contributed by atoms with van der Waals surface area (Å²) >= 11 is 8.84. The van der Waals surface area contributed by atoms with Crippen LogP contribution in [-0.2, 0) is 0 Å². The largest absolute Gasteiger partial charge is 0.271 e. The predicted octanol–water partition coefficient (Wildman–Crippen LogP) is 4.44. The number of benzene rings is 1. The van der Waals surface area contributed by atoms with E-state index < -0.39 is 0 Å². The van der Waals surface area contributed by atoms with E-state index in [4.69, 9.17) is 5.84 Å². The first kappa shape index (κ1) is 14.2. The average molecular weight is 390 g/mol. The van der Waals surface area contributed by atoms with Crippen molar-refractivity contribution in [2.45, 2.75) is 19.9 Å². The van der Waals surface area contributed by atoms with Crippen molar-refractivity contribution in [2.75, 3.05) is 0 Å². The maximum absolute atomic E-state index is 5.73. The van der Waals surface area contributed by atoms with Crippen molar-refractivity contribution in [3.05, 3.63) is 54.1 Å². The van der Waals surface area contributed by atoms with Crippen molar-refractivity contribution in [1.29, 1.82) is 0 Å². The van der Waals surface area contributed by atoms with Crippen LogP contribution in [0.5, 0.6) is 0 Å². The van der Waals surface area contributed by atoms with Crippen LogP contribution in [-0.4, -0.2) is 0 Å². The summed E-state index contributed by atoms with van der Waals surface area (Å²) < 4.78 is 2.25. The predicted molar refractivity (Wildman–Crippen MR) is 84.8 cm³/mol. The number of nitrogens with one attached hydrogen (secondary N) is 1. The van der Waals surface area contributed by atoms with Crippen molar-refractivity contribution in [1.82, 2.24) is 5.43 Å². The molecular weight excluding hydrogens is 376 g/mol. The molecule has 2 aromatic rings. The number of thiophene rings is 1. The van der Waals surface area contributed by atoms with Gasteiger partial charge in [0, 0.05) is 13.8 Å². The summed E-state index contributed by atoms with van der Waals surface area (Å²) in [4.78, 5) is 1.19. The molecule has 1 aromatic carbocycles. The number of hydrazine groups is 1. The normalized spacial score (nSPS) is 12.7. The van der Waals surface area contributed by atoms with Gasteiger partial charge in [0.2, 0.25) is 0 Å². The van der Waals surface area contributed by atoms with Gasteiger partial charge in [-0.1, -0.05) is 28.1 Å². The molecule has 2 rings (SSSR count). The third kappa shape index (κ3) is 2.70. The molecule has 0 aliphatic heterocycles. The molecule has 0 saturated carbocycles. The maximum Gasteiger partial charge on any atom is 0.0814 e. The molecule has 0 spiro atoms. The molecule has 3 N–H and O–H groups in total. The molecule has 18 heavy (non-hydrogen) atoms. The lowest BCUT2D eigenvalue weighted by atomic mass is 10.0.